The summed E-state index contributed by atoms with van der Waals surface area (Å²) in [6, 6.07) is 0. The van der Waals surface area contributed by atoms with Gasteiger partial charge in [0.1, 0.15) is 11.5 Å². The van der Waals surface area contributed by atoms with E-state index in [1.165, 1.54) is 12.8 Å². The first-order valence-corrected chi connectivity index (χ1v) is 9.28. The highest BCUT2D eigenvalue weighted by Gasteiger charge is 2.60. The van der Waals surface area contributed by atoms with Crippen LogP contribution in [0.25, 0.3) is 0 Å². The fourth-order valence-electron chi connectivity index (χ4n) is 6.74. The molecule has 0 radical (unpaired) electrons. The Morgan fingerprint density at radius 2 is 1.96 bits per heavy atom. The van der Waals surface area contributed by atoms with Crippen LogP contribution >= 0.6 is 0 Å². The SMILES string of the molecule is CC(=O)[C@H]1CC[C@@H]2[C@@H]3CC=C4OC(=O)CC[C@]4(C)[C@H]3CC[C@]12C. The van der Waals surface area contributed by atoms with Gasteiger partial charge in [-0.25, -0.2) is 0 Å². The Labute approximate surface area is 138 Å². The number of allylic oxidation sites excluding steroid dienone is 2. The van der Waals surface area contributed by atoms with E-state index in [0.717, 1.165) is 31.4 Å². The molecule has 3 aliphatic carbocycles. The molecule has 0 aromatic heterocycles. The maximum Gasteiger partial charge on any atom is 0.310 e. The maximum absolute atomic E-state index is 12.1. The monoisotopic (exact) mass is 316 g/mol. The van der Waals surface area contributed by atoms with Crippen molar-refractivity contribution in [2.24, 2.45) is 34.5 Å². The molecule has 23 heavy (non-hydrogen) atoms. The zero-order valence-electron chi connectivity index (χ0n) is 14.6. The molecule has 0 amide bonds. The van der Waals surface area contributed by atoms with E-state index >= 15 is 0 Å². The molecule has 0 aromatic carbocycles. The predicted octanol–water partition coefficient (Wildman–Crippen LogP) is 4.27. The van der Waals surface area contributed by atoms with Crippen LogP contribution in [0.2, 0.25) is 0 Å². The lowest BCUT2D eigenvalue weighted by Gasteiger charge is -2.56. The number of hydrogen-bond acceptors (Lipinski definition) is 3. The lowest BCUT2D eigenvalue weighted by molar-refractivity contribution is -0.152. The van der Waals surface area contributed by atoms with E-state index in [4.69, 9.17) is 4.74 Å². The van der Waals surface area contributed by atoms with Gasteiger partial charge in [-0.1, -0.05) is 13.8 Å². The van der Waals surface area contributed by atoms with Gasteiger partial charge in [0.2, 0.25) is 0 Å². The molecule has 1 saturated heterocycles. The van der Waals surface area contributed by atoms with Crippen LogP contribution in [0.1, 0.15) is 65.7 Å². The summed E-state index contributed by atoms with van der Waals surface area (Å²) in [6.45, 7) is 6.46. The molecule has 3 nitrogen and oxygen atoms in total. The lowest BCUT2D eigenvalue weighted by Crippen LogP contribution is -2.51. The minimum Gasteiger partial charge on any atom is -0.431 e. The second kappa shape index (κ2) is 4.94. The molecule has 3 fully saturated rings. The van der Waals surface area contributed by atoms with Gasteiger partial charge in [-0.2, -0.15) is 0 Å². The van der Waals surface area contributed by atoms with Crippen molar-refractivity contribution in [3.05, 3.63) is 11.8 Å². The van der Waals surface area contributed by atoms with Crippen LogP contribution < -0.4 is 0 Å². The Bertz CT molecular complexity index is 592. The second-order valence-electron chi connectivity index (χ2n) is 8.86. The van der Waals surface area contributed by atoms with Gasteiger partial charge in [0.15, 0.2) is 0 Å². The minimum atomic E-state index is -0.0645. The quantitative estimate of drug-likeness (QED) is 0.679. The van der Waals surface area contributed by atoms with Crippen LogP contribution in [0.15, 0.2) is 11.8 Å². The van der Waals surface area contributed by atoms with Gasteiger partial charge in [0, 0.05) is 17.8 Å². The molecular weight excluding hydrogens is 288 g/mol. The number of esters is 1. The summed E-state index contributed by atoms with van der Waals surface area (Å²) >= 11 is 0. The van der Waals surface area contributed by atoms with Crippen molar-refractivity contribution in [2.75, 3.05) is 0 Å². The highest BCUT2D eigenvalue weighted by atomic mass is 16.5. The molecule has 2 saturated carbocycles. The molecule has 3 heteroatoms. The Morgan fingerprint density at radius 3 is 2.70 bits per heavy atom. The number of carbonyl (C=O) groups is 2. The van der Waals surface area contributed by atoms with E-state index in [9.17, 15) is 9.59 Å². The van der Waals surface area contributed by atoms with E-state index in [-0.39, 0.29) is 22.7 Å². The Kier molecular flexibility index (Phi) is 3.31. The van der Waals surface area contributed by atoms with E-state index < -0.39 is 0 Å². The fraction of sp³-hybridized carbons (Fsp3) is 0.800. The summed E-state index contributed by atoms with van der Waals surface area (Å²) in [6.07, 6.45) is 9.29. The minimum absolute atomic E-state index is 0.0342. The van der Waals surface area contributed by atoms with E-state index in [2.05, 4.69) is 19.9 Å². The summed E-state index contributed by atoms with van der Waals surface area (Å²) in [7, 11) is 0. The van der Waals surface area contributed by atoms with Crippen molar-refractivity contribution in [3.8, 4) is 0 Å². The van der Waals surface area contributed by atoms with Crippen LogP contribution in [0.4, 0.5) is 0 Å². The molecule has 126 valence electrons. The standard InChI is InChI=1S/C20H28O3/c1-12(21)14-5-6-15-13-4-7-17-20(3,11-9-18(22)23-17)16(13)8-10-19(14,15)2/h7,13-16H,4-6,8-11H2,1-3H3/t13-,14+,15+,16-,19+,20+/m0/s1. The highest BCUT2D eigenvalue weighted by molar-refractivity contribution is 5.79. The molecule has 4 rings (SSSR count). The summed E-state index contributed by atoms with van der Waals surface area (Å²) in [5.74, 6) is 3.45. The average Bonchev–Trinajstić information content (AvgIpc) is 2.85. The van der Waals surface area contributed by atoms with Gasteiger partial charge in [-0.3, -0.25) is 9.59 Å². The van der Waals surface area contributed by atoms with Gasteiger partial charge in [-0.05, 0) is 74.7 Å². The molecule has 1 heterocycles. The van der Waals surface area contributed by atoms with Crippen LogP contribution in [-0.4, -0.2) is 11.8 Å². The third-order valence-corrected chi connectivity index (χ3v) is 7.96. The largest absolute Gasteiger partial charge is 0.431 e. The number of ketones is 1. The fourth-order valence-corrected chi connectivity index (χ4v) is 6.74. The number of ether oxygens (including phenoxy) is 1. The van der Waals surface area contributed by atoms with Crippen molar-refractivity contribution in [3.63, 3.8) is 0 Å². The summed E-state index contributed by atoms with van der Waals surface area (Å²) < 4.78 is 5.61. The maximum atomic E-state index is 12.1. The molecule has 6 atom stereocenters. The third-order valence-electron chi connectivity index (χ3n) is 7.96. The van der Waals surface area contributed by atoms with Crippen molar-refractivity contribution < 1.29 is 14.3 Å². The van der Waals surface area contributed by atoms with Crippen molar-refractivity contribution in [2.45, 2.75) is 65.7 Å². The zero-order valence-corrected chi connectivity index (χ0v) is 14.6. The lowest BCUT2D eigenvalue weighted by atomic mass is 9.49. The second-order valence-corrected chi connectivity index (χ2v) is 8.86. The van der Waals surface area contributed by atoms with Crippen LogP contribution in [0.5, 0.6) is 0 Å². The number of carbonyl (C=O) groups excluding carboxylic acids is 2. The van der Waals surface area contributed by atoms with Crippen molar-refractivity contribution in [1.82, 2.24) is 0 Å². The van der Waals surface area contributed by atoms with Gasteiger partial charge >= 0.3 is 5.97 Å². The predicted molar refractivity (Wildman–Crippen MR) is 87.3 cm³/mol. The molecular formula is C20H28O3. The van der Waals surface area contributed by atoms with E-state index in [0.29, 0.717) is 30.0 Å². The number of hydrogen-bond donors (Lipinski definition) is 0. The van der Waals surface area contributed by atoms with E-state index in [1.54, 1.807) is 6.92 Å². The molecule has 0 unspecified atom stereocenters. The van der Waals surface area contributed by atoms with E-state index in [1.807, 2.05) is 0 Å². The Morgan fingerprint density at radius 1 is 1.17 bits per heavy atom. The first kappa shape index (κ1) is 15.4. The Balaban J connectivity index is 1.67. The summed E-state index contributed by atoms with van der Waals surface area (Å²) in [5.41, 5.74) is 0.229. The molecule has 0 aromatic rings. The number of Topliss-reactive ketones (excluding diaryl/α,β-unsaturated/α-hetero) is 1. The zero-order chi connectivity index (χ0) is 16.4. The Hall–Kier alpha value is -1.12. The molecule has 0 bridgehead atoms. The van der Waals surface area contributed by atoms with Gasteiger partial charge in [0.25, 0.3) is 0 Å². The first-order valence-electron chi connectivity index (χ1n) is 9.28. The normalized spacial score (nSPS) is 48.7. The van der Waals surface area contributed by atoms with Gasteiger partial charge in [-0.15, -0.1) is 0 Å². The van der Waals surface area contributed by atoms with Crippen LogP contribution in [0.3, 0.4) is 0 Å². The summed E-state index contributed by atoms with van der Waals surface area (Å²) in [4.78, 5) is 23.8. The summed E-state index contributed by atoms with van der Waals surface area (Å²) in [5, 5.41) is 0. The average molecular weight is 316 g/mol. The van der Waals surface area contributed by atoms with Crippen LogP contribution in [0, 0.1) is 34.5 Å². The van der Waals surface area contributed by atoms with Gasteiger partial charge in [0.05, 0.1) is 0 Å². The van der Waals surface area contributed by atoms with Crippen molar-refractivity contribution in [1.29, 1.82) is 0 Å². The highest BCUT2D eigenvalue weighted by Crippen LogP contribution is 2.65. The van der Waals surface area contributed by atoms with Crippen molar-refractivity contribution >= 4 is 11.8 Å². The third kappa shape index (κ3) is 2.01. The topological polar surface area (TPSA) is 43.4 Å². The first-order chi connectivity index (χ1) is 10.9. The van der Waals surface area contributed by atoms with Crippen LogP contribution in [-0.2, 0) is 14.3 Å². The molecule has 0 spiro atoms. The number of rotatable bonds is 1. The molecule has 0 N–H and O–H groups in total. The smallest absolute Gasteiger partial charge is 0.310 e. The molecule has 1 aliphatic heterocycles. The van der Waals surface area contributed by atoms with Gasteiger partial charge < -0.3 is 4.74 Å². The number of fused-ring (bicyclic) bond motifs is 5. The molecule has 4 aliphatic rings.